The molecule has 0 bridgehead atoms. The fraction of sp³-hybridized carbons (Fsp3) is 0.300. The summed E-state index contributed by atoms with van der Waals surface area (Å²) in [5, 5.41) is 2.98. The summed E-state index contributed by atoms with van der Waals surface area (Å²) in [6.07, 6.45) is 0.281. The Morgan fingerprint density at radius 3 is 2.62 bits per heavy atom. The molecule has 1 aliphatic heterocycles. The molecule has 0 radical (unpaired) electrons. The van der Waals surface area contributed by atoms with Gasteiger partial charge in [-0.2, -0.15) is 0 Å². The van der Waals surface area contributed by atoms with Crippen LogP contribution in [0, 0.1) is 19.8 Å². The molecule has 0 aliphatic carbocycles. The topological polar surface area (TPSA) is 49.4 Å². The van der Waals surface area contributed by atoms with E-state index in [-0.39, 0.29) is 24.2 Å². The van der Waals surface area contributed by atoms with Crippen LogP contribution < -0.4 is 5.32 Å². The molecule has 24 heavy (non-hydrogen) atoms. The molecule has 4 heteroatoms. The average Bonchev–Trinajstić information content (AvgIpc) is 2.94. The lowest BCUT2D eigenvalue weighted by Gasteiger charge is -2.17. The lowest BCUT2D eigenvalue weighted by Crippen LogP contribution is -2.28. The molecular formula is C20H22N2O2. The highest BCUT2D eigenvalue weighted by Crippen LogP contribution is 2.24. The van der Waals surface area contributed by atoms with E-state index in [4.69, 9.17) is 0 Å². The van der Waals surface area contributed by atoms with Gasteiger partial charge in [0, 0.05) is 25.2 Å². The third kappa shape index (κ3) is 3.48. The Labute approximate surface area is 142 Å². The minimum atomic E-state index is -0.291. The molecular weight excluding hydrogens is 300 g/mol. The molecule has 1 fully saturated rings. The third-order valence-electron chi connectivity index (χ3n) is 4.66. The van der Waals surface area contributed by atoms with Crippen LogP contribution in [0.4, 0.5) is 5.69 Å². The minimum absolute atomic E-state index is 0.0416. The Morgan fingerprint density at radius 2 is 1.88 bits per heavy atom. The number of anilines is 1. The van der Waals surface area contributed by atoms with Gasteiger partial charge in [-0.25, -0.2) is 0 Å². The number of benzene rings is 2. The van der Waals surface area contributed by atoms with Crippen molar-refractivity contribution in [2.24, 2.45) is 5.92 Å². The molecule has 2 amide bonds. The van der Waals surface area contributed by atoms with E-state index in [0.29, 0.717) is 13.1 Å². The van der Waals surface area contributed by atoms with Crippen LogP contribution in [0.25, 0.3) is 0 Å². The first-order valence-corrected chi connectivity index (χ1v) is 8.23. The van der Waals surface area contributed by atoms with Gasteiger partial charge < -0.3 is 10.2 Å². The third-order valence-corrected chi connectivity index (χ3v) is 4.66. The first kappa shape index (κ1) is 16.2. The number of carbonyl (C=O) groups excluding carboxylic acids is 2. The zero-order chi connectivity index (χ0) is 17.1. The van der Waals surface area contributed by atoms with E-state index in [1.807, 2.05) is 62.4 Å². The van der Waals surface area contributed by atoms with E-state index in [2.05, 4.69) is 5.32 Å². The van der Waals surface area contributed by atoms with Gasteiger partial charge in [0.2, 0.25) is 11.8 Å². The van der Waals surface area contributed by atoms with Gasteiger partial charge >= 0.3 is 0 Å². The number of likely N-dealkylation sites (tertiary alicyclic amines) is 1. The van der Waals surface area contributed by atoms with Crippen molar-refractivity contribution in [3.8, 4) is 0 Å². The second kappa shape index (κ2) is 6.87. The zero-order valence-corrected chi connectivity index (χ0v) is 14.1. The Kier molecular flexibility index (Phi) is 4.65. The molecule has 1 atom stereocenters. The maximum atomic E-state index is 12.5. The summed E-state index contributed by atoms with van der Waals surface area (Å²) in [5.74, 6) is -0.325. The van der Waals surface area contributed by atoms with E-state index in [0.717, 1.165) is 22.4 Å². The highest BCUT2D eigenvalue weighted by Gasteiger charge is 2.34. The maximum absolute atomic E-state index is 12.5. The fourth-order valence-electron chi connectivity index (χ4n) is 3.03. The number of nitrogens with zero attached hydrogens (tertiary/aromatic N) is 1. The Hall–Kier alpha value is -2.62. The number of hydrogen-bond acceptors (Lipinski definition) is 2. The molecule has 3 rings (SSSR count). The zero-order valence-electron chi connectivity index (χ0n) is 14.1. The van der Waals surface area contributed by atoms with Crippen LogP contribution in [0.15, 0.2) is 48.5 Å². The standard InChI is InChI=1S/C20H22N2O2/c1-14-7-6-10-18(15(14)2)21-20(24)17-11-19(23)22(13-17)12-16-8-4-3-5-9-16/h3-10,17H,11-13H2,1-2H3,(H,21,24). The molecule has 0 aromatic heterocycles. The summed E-state index contributed by atoms with van der Waals surface area (Å²) >= 11 is 0. The predicted molar refractivity (Wildman–Crippen MR) is 94.5 cm³/mol. The van der Waals surface area contributed by atoms with E-state index in [1.54, 1.807) is 4.90 Å². The molecule has 2 aromatic carbocycles. The Balaban J connectivity index is 1.64. The summed E-state index contributed by atoms with van der Waals surface area (Å²) in [4.78, 5) is 26.5. The lowest BCUT2D eigenvalue weighted by molar-refractivity contribution is -0.128. The van der Waals surface area contributed by atoms with Gasteiger partial charge in [0.1, 0.15) is 0 Å². The van der Waals surface area contributed by atoms with Crippen molar-refractivity contribution >= 4 is 17.5 Å². The van der Waals surface area contributed by atoms with Crippen LogP contribution in [0.5, 0.6) is 0 Å². The first-order valence-electron chi connectivity index (χ1n) is 8.23. The van der Waals surface area contributed by atoms with Gasteiger partial charge in [-0.1, -0.05) is 42.5 Å². The lowest BCUT2D eigenvalue weighted by atomic mass is 10.1. The number of nitrogens with one attached hydrogen (secondary N) is 1. The summed E-state index contributed by atoms with van der Waals surface area (Å²) in [6, 6.07) is 15.7. The monoisotopic (exact) mass is 322 g/mol. The van der Waals surface area contributed by atoms with Gasteiger partial charge in [-0.05, 0) is 36.6 Å². The van der Waals surface area contributed by atoms with Crippen molar-refractivity contribution in [1.29, 1.82) is 0 Å². The molecule has 1 N–H and O–H groups in total. The molecule has 2 aromatic rings. The second-order valence-electron chi connectivity index (χ2n) is 6.40. The van der Waals surface area contributed by atoms with Crippen LogP contribution >= 0.6 is 0 Å². The number of rotatable bonds is 4. The van der Waals surface area contributed by atoms with E-state index in [1.165, 1.54) is 0 Å². The van der Waals surface area contributed by atoms with Gasteiger partial charge in [0.05, 0.1) is 5.92 Å². The normalized spacial score (nSPS) is 17.2. The van der Waals surface area contributed by atoms with E-state index < -0.39 is 0 Å². The van der Waals surface area contributed by atoms with E-state index >= 15 is 0 Å². The van der Waals surface area contributed by atoms with Crippen LogP contribution in [0.3, 0.4) is 0 Å². The second-order valence-corrected chi connectivity index (χ2v) is 6.40. The molecule has 124 valence electrons. The van der Waals surface area contributed by atoms with Crippen molar-refractivity contribution in [2.75, 3.05) is 11.9 Å². The molecule has 1 aliphatic rings. The summed E-state index contributed by atoms with van der Waals surface area (Å²) < 4.78 is 0. The van der Waals surface area contributed by atoms with Crippen LogP contribution in [0.1, 0.15) is 23.1 Å². The number of amides is 2. The van der Waals surface area contributed by atoms with Crippen molar-refractivity contribution in [1.82, 2.24) is 4.90 Å². The molecule has 4 nitrogen and oxygen atoms in total. The molecule has 1 unspecified atom stereocenters. The van der Waals surface area contributed by atoms with Crippen molar-refractivity contribution in [3.63, 3.8) is 0 Å². The molecule has 1 heterocycles. The minimum Gasteiger partial charge on any atom is -0.338 e. The van der Waals surface area contributed by atoms with Crippen molar-refractivity contribution in [3.05, 3.63) is 65.2 Å². The largest absolute Gasteiger partial charge is 0.338 e. The smallest absolute Gasteiger partial charge is 0.229 e. The van der Waals surface area contributed by atoms with Gasteiger partial charge in [0.15, 0.2) is 0 Å². The van der Waals surface area contributed by atoms with Gasteiger partial charge in [-0.15, -0.1) is 0 Å². The average molecular weight is 322 g/mol. The molecule has 0 saturated carbocycles. The van der Waals surface area contributed by atoms with Crippen molar-refractivity contribution in [2.45, 2.75) is 26.8 Å². The Bertz CT molecular complexity index is 755. The molecule has 0 spiro atoms. The fourth-order valence-corrected chi connectivity index (χ4v) is 3.03. The highest BCUT2D eigenvalue weighted by atomic mass is 16.2. The van der Waals surface area contributed by atoms with Crippen LogP contribution in [-0.2, 0) is 16.1 Å². The van der Waals surface area contributed by atoms with Gasteiger partial charge in [0.25, 0.3) is 0 Å². The van der Waals surface area contributed by atoms with Crippen molar-refractivity contribution < 1.29 is 9.59 Å². The number of aryl methyl sites for hydroxylation is 1. The highest BCUT2D eigenvalue weighted by molar-refractivity contribution is 5.97. The molecule has 1 saturated heterocycles. The van der Waals surface area contributed by atoms with E-state index in [9.17, 15) is 9.59 Å². The SMILES string of the molecule is Cc1cccc(NC(=O)C2CC(=O)N(Cc3ccccc3)C2)c1C. The quantitative estimate of drug-likeness (QED) is 0.939. The summed E-state index contributed by atoms with van der Waals surface area (Å²) in [6.45, 7) is 5.05. The summed E-state index contributed by atoms with van der Waals surface area (Å²) in [7, 11) is 0. The summed E-state index contributed by atoms with van der Waals surface area (Å²) in [5.41, 5.74) is 4.12. The maximum Gasteiger partial charge on any atom is 0.229 e. The Morgan fingerprint density at radius 1 is 1.12 bits per heavy atom. The first-order chi connectivity index (χ1) is 11.5. The number of carbonyl (C=O) groups is 2. The van der Waals surface area contributed by atoms with Crippen LogP contribution in [-0.4, -0.2) is 23.3 Å². The number of hydrogen-bond donors (Lipinski definition) is 1. The predicted octanol–water partition coefficient (Wildman–Crippen LogP) is 3.29. The van der Waals surface area contributed by atoms with Crippen LogP contribution in [0.2, 0.25) is 0 Å². The van der Waals surface area contributed by atoms with Gasteiger partial charge in [-0.3, -0.25) is 9.59 Å².